The van der Waals surface area contributed by atoms with Crippen LogP contribution in [0.2, 0.25) is 0 Å². The van der Waals surface area contributed by atoms with Crippen molar-refractivity contribution < 1.29 is 14.3 Å². The Morgan fingerprint density at radius 3 is 2.71 bits per heavy atom. The second kappa shape index (κ2) is 6.82. The summed E-state index contributed by atoms with van der Waals surface area (Å²) in [5, 5.41) is 8.19. The number of nitrogens with one attached hydrogen (secondary N) is 3. The molecule has 2 rings (SSSR count). The third-order valence-corrected chi connectivity index (χ3v) is 2.87. The molecule has 0 radical (unpaired) electrons. The lowest BCUT2D eigenvalue weighted by Crippen LogP contribution is -2.47. The monoisotopic (exact) mass is 294 g/mol. The van der Waals surface area contributed by atoms with Crippen LogP contribution < -0.4 is 20.7 Å². The minimum absolute atomic E-state index is 0.151. The third kappa shape index (κ3) is 4.01. The number of methoxy groups -OCH3 is 1. The molecule has 21 heavy (non-hydrogen) atoms. The molecule has 1 aromatic heterocycles. The van der Waals surface area contributed by atoms with Gasteiger partial charge in [0, 0.05) is 13.0 Å². The van der Waals surface area contributed by atoms with Crippen LogP contribution in [0.15, 0.2) is 0 Å². The number of hydrogen-bond acceptors (Lipinski definition) is 8. The lowest BCUT2D eigenvalue weighted by atomic mass is 10.1. The topological polar surface area (TPSA) is 118 Å². The van der Waals surface area contributed by atoms with Crippen molar-refractivity contribution in [3.63, 3.8) is 0 Å². The predicted octanol–water partition coefficient (Wildman–Crippen LogP) is -0.0808. The molecular formula is C12H18N6O3. The second-order valence-corrected chi connectivity index (χ2v) is 4.54. The van der Waals surface area contributed by atoms with Gasteiger partial charge in [-0.2, -0.15) is 15.0 Å². The van der Waals surface area contributed by atoms with E-state index >= 15 is 0 Å². The van der Waals surface area contributed by atoms with Crippen molar-refractivity contribution in [2.75, 3.05) is 24.3 Å². The Balaban J connectivity index is 2.11. The molecule has 0 aromatic carbocycles. The number of hydrogen-bond donors (Lipinski definition) is 3. The van der Waals surface area contributed by atoms with Gasteiger partial charge in [0.2, 0.25) is 23.7 Å². The van der Waals surface area contributed by atoms with E-state index < -0.39 is 6.04 Å². The average molecular weight is 294 g/mol. The second-order valence-electron chi connectivity index (χ2n) is 4.54. The Morgan fingerprint density at radius 1 is 1.29 bits per heavy atom. The number of nitrogens with zero attached hydrogens (tertiary/aromatic N) is 3. The lowest BCUT2D eigenvalue weighted by Gasteiger charge is -2.21. The number of anilines is 2. The number of piperidine rings is 1. The maximum atomic E-state index is 11.7. The first-order valence-corrected chi connectivity index (χ1v) is 6.76. The maximum absolute atomic E-state index is 11.7. The number of carbonyl (C=O) groups excluding carboxylic acids is 2. The highest BCUT2D eigenvalue weighted by Gasteiger charge is 2.27. The number of amides is 2. The van der Waals surface area contributed by atoms with E-state index in [1.54, 1.807) is 0 Å². The molecule has 114 valence electrons. The Labute approximate surface area is 121 Å². The standard InChI is InChI=1S/C12H18N6O3/c1-3-6-13-10-16-11(18-12(17-10)21-2)14-7-4-5-8(19)15-9(7)20/h7H,3-6H2,1-2H3,(H,15,19,20)(H2,13,14,16,17,18). The minimum atomic E-state index is -0.547. The zero-order chi connectivity index (χ0) is 15.2. The van der Waals surface area contributed by atoms with Gasteiger partial charge < -0.3 is 15.4 Å². The van der Waals surface area contributed by atoms with Crippen molar-refractivity contribution in [3.8, 4) is 6.01 Å². The van der Waals surface area contributed by atoms with Crippen molar-refractivity contribution in [3.05, 3.63) is 0 Å². The van der Waals surface area contributed by atoms with E-state index in [1.165, 1.54) is 7.11 Å². The third-order valence-electron chi connectivity index (χ3n) is 2.87. The molecule has 1 fully saturated rings. The van der Waals surface area contributed by atoms with Crippen molar-refractivity contribution in [2.24, 2.45) is 0 Å². The highest BCUT2D eigenvalue weighted by Crippen LogP contribution is 2.14. The Hall–Kier alpha value is -2.45. The molecule has 0 bridgehead atoms. The molecule has 9 heteroatoms. The molecule has 1 aliphatic heterocycles. The van der Waals surface area contributed by atoms with Gasteiger partial charge >= 0.3 is 6.01 Å². The van der Waals surface area contributed by atoms with Crippen molar-refractivity contribution >= 4 is 23.7 Å². The van der Waals surface area contributed by atoms with E-state index in [9.17, 15) is 9.59 Å². The number of aromatic nitrogens is 3. The molecule has 1 atom stereocenters. The Morgan fingerprint density at radius 2 is 2.05 bits per heavy atom. The SMILES string of the molecule is CCCNc1nc(NC2CCC(=O)NC2=O)nc(OC)n1. The number of imide groups is 1. The van der Waals surface area contributed by atoms with Crippen LogP contribution in [0.25, 0.3) is 0 Å². The van der Waals surface area contributed by atoms with Crippen LogP contribution in [0.1, 0.15) is 26.2 Å². The molecule has 2 heterocycles. The van der Waals surface area contributed by atoms with Gasteiger partial charge in [-0.1, -0.05) is 6.92 Å². The molecule has 1 aromatic rings. The molecule has 1 saturated heterocycles. The van der Waals surface area contributed by atoms with Crippen molar-refractivity contribution in [1.82, 2.24) is 20.3 Å². The lowest BCUT2D eigenvalue weighted by molar-refractivity contribution is -0.133. The molecule has 1 aliphatic rings. The zero-order valence-corrected chi connectivity index (χ0v) is 12.0. The Kier molecular flexibility index (Phi) is 4.85. The first kappa shape index (κ1) is 14.9. The first-order chi connectivity index (χ1) is 10.1. The van der Waals surface area contributed by atoms with Gasteiger partial charge in [0.1, 0.15) is 6.04 Å². The fourth-order valence-corrected chi connectivity index (χ4v) is 1.82. The number of carbonyl (C=O) groups is 2. The zero-order valence-electron chi connectivity index (χ0n) is 12.0. The van der Waals surface area contributed by atoms with Gasteiger partial charge in [0.05, 0.1) is 7.11 Å². The van der Waals surface area contributed by atoms with E-state index in [-0.39, 0.29) is 30.2 Å². The van der Waals surface area contributed by atoms with E-state index in [4.69, 9.17) is 4.74 Å². The molecule has 0 spiro atoms. The summed E-state index contributed by atoms with van der Waals surface area (Å²) in [6, 6.07) is -0.396. The van der Waals surface area contributed by atoms with Crippen LogP contribution in [0, 0.1) is 0 Å². The van der Waals surface area contributed by atoms with Crippen LogP contribution >= 0.6 is 0 Å². The van der Waals surface area contributed by atoms with Gasteiger partial charge in [0.25, 0.3) is 0 Å². The van der Waals surface area contributed by atoms with Gasteiger partial charge in [-0.05, 0) is 12.8 Å². The van der Waals surface area contributed by atoms with E-state index in [1.807, 2.05) is 6.92 Å². The summed E-state index contributed by atoms with van der Waals surface area (Å²) in [5.74, 6) is -0.0429. The molecule has 0 saturated carbocycles. The summed E-state index contributed by atoms with van der Waals surface area (Å²) < 4.78 is 5.01. The summed E-state index contributed by atoms with van der Waals surface area (Å²) in [6.45, 7) is 2.74. The smallest absolute Gasteiger partial charge is 0.322 e. The average Bonchev–Trinajstić information content (AvgIpc) is 2.48. The van der Waals surface area contributed by atoms with E-state index in [0.717, 1.165) is 6.42 Å². The van der Waals surface area contributed by atoms with Crippen LogP contribution in [-0.4, -0.2) is 46.5 Å². The summed E-state index contributed by atoms with van der Waals surface area (Å²) in [5.41, 5.74) is 0. The summed E-state index contributed by atoms with van der Waals surface area (Å²) in [6.07, 6.45) is 1.60. The predicted molar refractivity (Wildman–Crippen MR) is 75.0 cm³/mol. The summed E-state index contributed by atoms with van der Waals surface area (Å²) in [7, 11) is 1.45. The number of ether oxygens (including phenoxy) is 1. The van der Waals surface area contributed by atoms with Gasteiger partial charge in [-0.15, -0.1) is 0 Å². The van der Waals surface area contributed by atoms with Crippen molar-refractivity contribution in [1.29, 1.82) is 0 Å². The van der Waals surface area contributed by atoms with Crippen LogP contribution in [0.5, 0.6) is 6.01 Å². The van der Waals surface area contributed by atoms with Crippen molar-refractivity contribution in [2.45, 2.75) is 32.2 Å². The molecular weight excluding hydrogens is 276 g/mol. The maximum Gasteiger partial charge on any atom is 0.322 e. The largest absolute Gasteiger partial charge is 0.467 e. The van der Waals surface area contributed by atoms with Crippen LogP contribution in [0.4, 0.5) is 11.9 Å². The van der Waals surface area contributed by atoms with Gasteiger partial charge in [0.15, 0.2) is 0 Å². The summed E-state index contributed by atoms with van der Waals surface area (Å²) >= 11 is 0. The molecule has 2 amide bonds. The molecule has 0 aliphatic carbocycles. The first-order valence-electron chi connectivity index (χ1n) is 6.76. The Bertz CT molecular complexity index is 536. The van der Waals surface area contributed by atoms with E-state index in [0.29, 0.717) is 18.9 Å². The molecule has 1 unspecified atom stereocenters. The highest BCUT2D eigenvalue weighted by atomic mass is 16.5. The quantitative estimate of drug-likeness (QED) is 0.623. The van der Waals surface area contributed by atoms with E-state index in [2.05, 4.69) is 30.9 Å². The van der Waals surface area contributed by atoms with Crippen LogP contribution in [-0.2, 0) is 9.59 Å². The molecule has 9 nitrogen and oxygen atoms in total. The fourth-order valence-electron chi connectivity index (χ4n) is 1.82. The molecule has 3 N–H and O–H groups in total. The fraction of sp³-hybridized carbons (Fsp3) is 0.583. The van der Waals surface area contributed by atoms with Gasteiger partial charge in [-0.3, -0.25) is 14.9 Å². The minimum Gasteiger partial charge on any atom is -0.467 e. The summed E-state index contributed by atoms with van der Waals surface area (Å²) in [4.78, 5) is 35.1. The normalized spacial score (nSPS) is 18.1. The van der Waals surface area contributed by atoms with Gasteiger partial charge in [-0.25, -0.2) is 0 Å². The highest BCUT2D eigenvalue weighted by molar-refractivity contribution is 6.01. The van der Waals surface area contributed by atoms with Crippen LogP contribution in [0.3, 0.4) is 0 Å². The number of rotatable bonds is 6.